The number of likely N-dealkylation sites (N-methyl/N-ethyl adjacent to an activating group) is 1. The van der Waals surface area contributed by atoms with Crippen LogP contribution in [0.4, 0.5) is 0 Å². The molecule has 3 aliphatic carbocycles. The summed E-state index contributed by atoms with van der Waals surface area (Å²) in [5.74, 6) is 0.310. The molecule has 0 spiro atoms. The summed E-state index contributed by atoms with van der Waals surface area (Å²) in [6.07, 6.45) is 11.0. The normalized spacial score (nSPS) is 47.1. The Morgan fingerprint density at radius 1 is 0.820 bits per heavy atom. The second-order valence-electron chi connectivity index (χ2n) is 16.4. The van der Waals surface area contributed by atoms with Crippen LogP contribution in [-0.4, -0.2) is 106 Å². The Morgan fingerprint density at radius 3 is 2.28 bits per heavy atom. The minimum absolute atomic E-state index is 0.0117. The number of rotatable bonds is 7. The lowest BCUT2D eigenvalue weighted by Gasteiger charge is -2.44. The van der Waals surface area contributed by atoms with Crippen molar-refractivity contribution < 1.29 is 42.7 Å². The molecule has 10 nitrogen and oxygen atoms in total. The van der Waals surface area contributed by atoms with Gasteiger partial charge < -0.3 is 38.1 Å². The molecule has 0 amide bonds. The number of carbonyl (C=O) groups is 2. The van der Waals surface area contributed by atoms with Crippen LogP contribution < -0.4 is 0 Å². The topological polar surface area (TPSA) is 102 Å². The highest BCUT2D eigenvalue weighted by molar-refractivity contribution is 5.99. The maximum absolute atomic E-state index is 14.6. The highest BCUT2D eigenvalue weighted by Crippen LogP contribution is 2.54. The number of hydrogen-bond donors (Lipinski definition) is 0. The predicted octanol–water partition coefficient (Wildman–Crippen LogP) is 5.72. The standard InChI is InChI=1S/C40H63NO9/c1-21-11-10-12-34(50-36-16-15-33(41(6)7)25(5)47-36)23(3)37(43)32-19-30-28(31(32)20-35(42)46-21)14-13-26-17-27(18-29(26)30)49-40-39(45-9)38(44-8)22(2)24(4)48-40/h13-14,19,21-31,33-34,36,38-40H,10-12,15-18,20H2,1-9H3/t21-,22?,23+,24?,25?,26+,27+,28+,29+,30+,31-,33?,34-,36?,38?,39?,40?/m0/s1. The number of Topliss-reactive ketones (excluding diaryl/α,β-unsaturated/α-hetero) is 1. The number of carbonyl (C=O) groups excluding carboxylic acids is 2. The first-order valence-electron chi connectivity index (χ1n) is 19.4. The van der Waals surface area contributed by atoms with E-state index in [1.165, 1.54) is 0 Å². The van der Waals surface area contributed by atoms with Gasteiger partial charge in [0.2, 0.25) is 0 Å². The summed E-state index contributed by atoms with van der Waals surface area (Å²) in [5.41, 5.74) is 0.771. The number of ether oxygens (including phenoxy) is 7. The molecule has 4 fully saturated rings. The van der Waals surface area contributed by atoms with Crippen molar-refractivity contribution in [1.29, 1.82) is 0 Å². The van der Waals surface area contributed by atoms with Gasteiger partial charge in [0.05, 0.1) is 43.0 Å². The van der Waals surface area contributed by atoms with Crippen LogP contribution in [0.1, 0.15) is 86.0 Å². The van der Waals surface area contributed by atoms with Crippen molar-refractivity contribution in [2.75, 3.05) is 28.3 Å². The van der Waals surface area contributed by atoms with E-state index >= 15 is 0 Å². The smallest absolute Gasteiger partial charge is 0.306 e. The lowest BCUT2D eigenvalue weighted by atomic mass is 9.70. The maximum atomic E-state index is 14.6. The summed E-state index contributed by atoms with van der Waals surface area (Å²) in [5, 5.41) is 0. The molecular formula is C40H63NO9. The minimum Gasteiger partial charge on any atom is -0.463 e. The lowest BCUT2D eigenvalue weighted by molar-refractivity contribution is -0.300. The van der Waals surface area contributed by atoms with Gasteiger partial charge in [-0.1, -0.05) is 32.1 Å². The van der Waals surface area contributed by atoms with Gasteiger partial charge in [-0.15, -0.1) is 0 Å². The number of cyclic esters (lactones) is 1. The Bertz CT molecular complexity index is 1250. The fourth-order valence-electron chi connectivity index (χ4n) is 10.1. The van der Waals surface area contributed by atoms with Crippen LogP contribution in [0, 0.1) is 41.4 Å². The van der Waals surface area contributed by atoms with Crippen molar-refractivity contribution in [3.63, 3.8) is 0 Å². The molecule has 6 aliphatic rings. The molecule has 0 aromatic rings. The molecule has 3 heterocycles. The zero-order valence-corrected chi connectivity index (χ0v) is 31.8. The minimum atomic E-state index is -0.515. The summed E-state index contributed by atoms with van der Waals surface area (Å²) in [7, 11) is 7.59. The van der Waals surface area contributed by atoms with Crippen molar-refractivity contribution in [2.45, 2.75) is 147 Å². The molecule has 8 unspecified atom stereocenters. The molecule has 6 rings (SSSR count). The molecule has 17 atom stereocenters. The van der Waals surface area contributed by atoms with Gasteiger partial charge in [0.1, 0.15) is 6.10 Å². The second kappa shape index (κ2) is 16.1. The summed E-state index contributed by atoms with van der Waals surface area (Å²) < 4.78 is 43.7. The van der Waals surface area contributed by atoms with Crippen molar-refractivity contribution in [3.8, 4) is 0 Å². The van der Waals surface area contributed by atoms with E-state index < -0.39 is 6.29 Å². The van der Waals surface area contributed by atoms with Gasteiger partial charge in [0, 0.05) is 38.0 Å². The van der Waals surface area contributed by atoms with Crippen LogP contribution >= 0.6 is 0 Å². The third-order valence-electron chi connectivity index (χ3n) is 13.1. The molecule has 0 N–H and O–H groups in total. The number of esters is 1. The monoisotopic (exact) mass is 701 g/mol. The van der Waals surface area contributed by atoms with Crippen molar-refractivity contribution >= 4 is 11.8 Å². The molecule has 282 valence electrons. The third-order valence-corrected chi connectivity index (χ3v) is 13.1. The summed E-state index contributed by atoms with van der Waals surface area (Å²) in [6.45, 7) is 10.3. The molecule has 3 saturated heterocycles. The molecule has 3 aliphatic heterocycles. The van der Waals surface area contributed by atoms with E-state index in [9.17, 15) is 9.59 Å². The SMILES string of the molecule is COC1C(O[C@H]2C[C@H]3[C@@H]4C=C5C(=O)[C@H](C)[C@@H](OC6CCC(N(C)C)C(C)O6)CCC[C@H](C)OC(=O)C[C@H]5[C@@H]4C=C[C@@H]3C2)OC(C)C(C)C1OC. The maximum Gasteiger partial charge on any atom is 0.306 e. The van der Waals surface area contributed by atoms with Gasteiger partial charge in [-0.05, 0) is 109 Å². The second-order valence-corrected chi connectivity index (χ2v) is 16.4. The van der Waals surface area contributed by atoms with Crippen molar-refractivity contribution in [3.05, 3.63) is 23.8 Å². The van der Waals surface area contributed by atoms with Crippen LogP contribution in [-0.2, 0) is 42.7 Å². The van der Waals surface area contributed by atoms with Crippen LogP contribution in [0.5, 0.6) is 0 Å². The van der Waals surface area contributed by atoms with E-state index in [0.29, 0.717) is 24.3 Å². The summed E-state index contributed by atoms with van der Waals surface area (Å²) >= 11 is 0. The summed E-state index contributed by atoms with van der Waals surface area (Å²) in [4.78, 5) is 30.1. The van der Waals surface area contributed by atoms with E-state index in [4.69, 9.17) is 33.2 Å². The molecule has 0 bridgehead atoms. The van der Waals surface area contributed by atoms with E-state index in [-0.39, 0.29) is 96.8 Å². The van der Waals surface area contributed by atoms with E-state index in [2.05, 4.69) is 58.0 Å². The lowest BCUT2D eigenvalue weighted by Crippen LogP contribution is -2.55. The Labute approximate surface area is 299 Å². The molecule has 10 heteroatoms. The number of allylic oxidation sites excluding steroid dienone is 4. The molecule has 0 aromatic heterocycles. The quantitative estimate of drug-likeness (QED) is 0.242. The number of nitrogens with zero attached hydrogens (tertiary/aromatic N) is 1. The number of ketones is 1. The average Bonchev–Trinajstić information content (AvgIpc) is 3.65. The zero-order chi connectivity index (χ0) is 35.9. The summed E-state index contributed by atoms with van der Waals surface area (Å²) in [6, 6.07) is 0.345. The first-order chi connectivity index (χ1) is 23.9. The molecule has 50 heavy (non-hydrogen) atoms. The highest BCUT2D eigenvalue weighted by atomic mass is 16.7. The Hall–Kier alpha value is -1.66. The van der Waals surface area contributed by atoms with Crippen LogP contribution in [0.3, 0.4) is 0 Å². The Morgan fingerprint density at radius 2 is 1.58 bits per heavy atom. The van der Waals surface area contributed by atoms with Crippen LogP contribution in [0.25, 0.3) is 0 Å². The Balaban J connectivity index is 1.20. The number of methoxy groups -OCH3 is 2. The fraction of sp³-hybridized carbons (Fsp3) is 0.850. The van der Waals surface area contributed by atoms with E-state index in [1.807, 2.05) is 13.8 Å². The molecule has 0 radical (unpaired) electrons. The van der Waals surface area contributed by atoms with Gasteiger partial charge in [-0.25, -0.2) is 0 Å². The highest BCUT2D eigenvalue weighted by Gasteiger charge is 2.52. The van der Waals surface area contributed by atoms with E-state index in [1.54, 1.807) is 14.2 Å². The van der Waals surface area contributed by atoms with Gasteiger partial charge in [0.25, 0.3) is 0 Å². The number of fused-ring (bicyclic) bond motifs is 5. The van der Waals surface area contributed by atoms with Gasteiger partial charge in [0.15, 0.2) is 18.4 Å². The van der Waals surface area contributed by atoms with Crippen LogP contribution in [0.15, 0.2) is 23.8 Å². The largest absolute Gasteiger partial charge is 0.463 e. The van der Waals surface area contributed by atoms with E-state index in [0.717, 1.165) is 44.1 Å². The van der Waals surface area contributed by atoms with Gasteiger partial charge >= 0.3 is 5.97 Å². The third kappa shape index (κ3) is 7.82. The van der Waals surface area contributed by atoms with Crippen molar-refractivity contribution in [2.24, 2.45) is 41.4 Å². The molecular weight excluding hydrogens is 638 g/mol. The first-order valence-corrected chi connectivity index (χ1v) is 19.4. The number of hydrogen-bond acceptors (Lipinski definition) is 10. The Kier molecular flexibility index (Phi) is 12.3. The fourth-order valence-corrected chi connectivity index (χ4v) is 10.1. The molecule has 1 saturated carbocycles. The van der Waals surface area contributed by atoms with Crippen molar-refractivity contribution in [1.82, 2.24) is 4.90 Å². The first kappa shape index (κ1) is 38.1. The van der Waals surface area contributed by atoms with Gasteiger partial charge in [-0.3, -0.25) is 9.59 Å². The average molecular weight is 702 g/mol. The molecule has 0 aromatic carbocycles. The zero-order valence-electron chi connectivity index (χ0n) is 31.8. The predicted molar refractivity (Wildman–Crippen MR) is 188 cm³/mol. The van der Waals surface area contributed by atoms with Gasteiger partial charge in [-0.2, -0.15) is 0 Å². The van der Waals surface area contributed by atoms with Crippen LogP contribution in [0.2, 0.25) is 0 Å².